The predicted octanol–water partition coefficient (Wildman–Crippen LogP) is 2.69. The molecule has 0 bridgehead atoms. The van der Waals surface area contributed by atoms with Crippen LogP contribution in [-0.2, 0) is 6.54 Å². The summed E-state index contributed by atoms with van der Waals surface area (Å²) in [6.45, 7) is 6.77. The van der Waals surface area contributed by atoms with Crippen LogP contribution in [0.4, 0.5) is 11.5 Å². The number of aromatic nitrogens is 1. The number of anilines is 2. The van der Waals surface area contributed by atoms with Gasteiger partial charge in [-0.05, 0) is 37.7 Å². The minimum atomic E-state index is 0. The first-order valence-electron chi connectivity index (χ1n) is 8.62. The van der Waals surface area contributed by atoms with E-state index in [-0.39, 0.29) is 24.0 Å². The Morgan fingerprint density at radius 3 is 2.42 bits per heavy atom. The zero-order valence-electron chi connectivity index (χ0n) is 15.4. The lowest BCUT2D eigenvalue weighted by atomic mass is 10.2. The van der Waals surface area contributed by atoms with E-state index < -0.39 is 0 Å². The lowest BCUT2D eigenvalue weighted by Gasteiger charge is -2.33. The highest BCUT2D eigenvalue weighted by Gasteiger charge is 2.14. The third-order valence-electron chi connectivity index (χ3n) is 4.39. The molecule has 1 aliphatic heterocycles. The molecule has 1 aromatic carbocycles. The highest BCUT2D eigenvalue weighted by Crippen LogP contribution is 2.14. The molecule has 0 aliphatic carbocycles. The van der Waals surface area contributed by atoms with E-state index in [1.54, 1.807) is 0 Å². The number of piperazine rings is 1. The summed E-state index contributed by atoms with van der Waals surface area (Å²) in [7, 11) is 2.15. The fourth-order valence-electron chi connectivity index (χ4n) is 2.73. The van der Waals surface area contributed by atoms with Gasteiger partial charge >= 0.3 is 0 Å². The first-order chi connectivity index (χ1) is 12.1. The topological polar surface area (TPSA) is 69.8 Å². The smallest absolute Gasteiger partial charge is 0.193 e. The number of aryl methyl sites for hydroxylation is 1. The van der Waals surface area contributed by atoms with Crippen molar-refractivity contribution in [3.63, 3.8) is 0 Å². The van der Waals surface area contributed by atoms with Gasteiger partial charge in [-0.25, -0.2) is 9.98 Å². The molecule has 140 valence electrons. The van der Waals surface area contributed by atoms with E-state index in [2.05, 4.69) is 51.2 Å². The zero-order valence-corrected chi connectivity index (χ0v) is 17.7. The number of guanidine groups is 1. The maximum atomic E-state index is 5.96. The number of nitrogens with one attached hydrogen (secondary N) is 1. The molecule has 0 spiro atoms. The SMILES string of the molecule is Cc1ccc(NC(N)=NCc2ccc(N3CCN(C)CC3)nc2)cc1.I. The van der Waals surface area contributed by atoms with Crippen LogP contribution in [0.2, 0.25) is 0 Å². The summed E-state index contributed by atoms with van der Waals surface area (Å²) in [5.41, 5.74) is 9.16. The molecule has 1 aromatic heterocycles. The lowest BCUT2D eigenvalue weighted by molar-refractivity contribution is 0.312. The van der Waals surface area contributed by atoms with Crippen molar-refractivity contribution in [3.8, 4) is 0 Å². The molecule has 7 heteroatoms. The summed E-state index contributed by atoms with van der Waals surface area (Å²) in [6, 6.07) is 12.2. The Morgan fingerprint density at radius 2 is 1.81 bits per heavy atom. The Bertz CT molecular complexity index is 706. The molecule has 2 aromatic rings. The quantitative estimate of drug-likeness (QED) is 0.412. The van der Waals surface area contributed by atoms with Crippen molar-refractivity contribution in [2.24, 2.45) is 10.7 Å². The van der Waals surface area contributed by atoms with Crippen LogP contribution < -0.4 is 16.0 Å². The van der Waals surface area contributed by atoms with Crippen molar-refractivity contribution in [1.82, 2.24) is 9.88 Å². The molecule has 0 unspecified atom stereocenters. The van der Waals surface area contributed by atoms with Gasteiger partial charge in [-0.3, -0.25) is 0 Å². The second-order valence-corrected chi connectivity index (χ2v) is 6.51. The molecule has 1 aliphatic rings. The molecule has 3 N–H and O–H groups in total. The highest BCUT2D eigenvalue weighted by molar-refractivity contribution is 14.0. The highest BCUT2D eigenvalue weighted by atomic mass is 127. The molecule has 0 saturated carbocycles. The average Bonchev–Trinajstić information content (AvgIpc) is 2.63. The Labute approximate surface area is 172 Å². The molecule has 6 nitrogen and oxygen atoms in total. The average molecular weight is 466 g/mol. The van der Waals surface area contributed by atoms with Crippen molar-refractivity contribution in [1.29, 1.82) is 0 Å². The van der Waals surface area contributed by atoms with Crippen molar-refractivity contribution >= 4 is 41.4 Å². The molecule has 0 radical (unpaired) electrons. The molecule has 0 atom stereocenters. The first-order valence-corrected chi connectivity index (χ1v) is 8.62. The largest absolute Gasteiger partial charge is 0.370 e. The Balaban J connectivity index is 0.00000243. The molecule has 3 rings (SSSR count). The summed E-state index contributed by atoms with van der Waals surface area (Å²) < 4.78 is 0. The zero-order chi connectivity index (χ0) is 17.6. The monoisotopic (exact) mass is 466 g/mol. The van der Waals surface area contributed by atoms with Crippen molar-refractivity contribution in [2.45, 2.75) is 13.5 Å². The van der Waals surface area contributed by atoms with E-state index in [0.717, 1.165) is 43.2 Å². The third-order valence-corrected chi connectivity index (χ3v) is 4.39. The number of rotatable bonds is 4. The Hall–Kier alpha value is -1.87. The number of hydrogen-bond acceptors (Lipinski definition) is 4. The molecular weight excluding hydrogens is 439 g/mol. The van der Waals surface area contributed by atoms with E-state index in [4.69, 9.17) is 5.73 Å². The summed E-state index contributed by atoms with van der Waals surface area (Å²) >= 11 is 0. The molecule has 0 amide bonds. The minimum Gasteiger partial charge on any atom is -0.370 e. The molecule has 1 saturated heterocycles. The second kappa shape index (κ2) is 9.72. The van der Waals surface area contributed by atoms with Crippen LogP contribution in [0.5, 0.6) is 0 Å². The maximum Gasteiger partial charge on any atom is 0.193 e. The van der Waals surface area contributed by atoms with Gasteiger partial charge in [0.05, 0.1) is 6.54 Å². The van der Waals surface area contributed by atoms with Gasteiger partial charge in [-0.1, -0.05) is 23.8 Å². The van der Waals surface area contributed by atoms with Gasteiger partial charge in [-0.15, -0.1) is 24.0 Å². The number of aliphatic imine (C=N–C) groups is 1. The van der Waals surface area contributed by atoms with Crippen LogP contribution in [0, 0.1) is 6.92 Å². The fourth-order valence-corrected chi connectivity index (χ4v) is 2.73. The van der Waals surface area contributed by atoms with Gasteiger partial charge in [0.1, 0.15) is 5.82 Å². The number of nitrogens with two attached hydrogens (primary N) is 1. The first kappa shape index (κ1) is 20.4. The van der Waals surface area contributed by atoms with Crippen LogP contribution in [0.1, 0.15) is 11.1 Å². The number of likely N-dealkylation sites (N-methyl/N-ethyl adjacent to an activating group) is 1. The number of nitrogens with zero attached hydrogens (tertiary/aromatic N) is 4. The van der Waals surface area contributed by atoms with Crippen molar-refractivity contribution in [2.75, 3.05) is 43.4 Å². The molecular formula is C19H27IN6. The van der Waals surface area contributed by atoms with Crippen LogP contribution in [0.15, 0.2) is 47.6 Å². The summed E-state index contributed by atoms with van der Waals surface area (Å²) in [4.78, 5) is 13.6. The van der Waals surface area contributed by atoms with Crippen LogP contribution in [0.25, 0.3) is 0 Å². The molecule has 1 fully saturated rings. The lowest BCUT2D eigenvalue weighted by Crippen LogP contribution is -2.44. The second-order valence-electron chi connectivity index (χ2n) is 6.51. The van der Waals surface area contributed by atoms with Crippen LogP contribution in [0.3, 0.4) is 0 Å². The van der Waals surface area contributed by atoms with Crippen molar-refractivity contribution in [3.05, 3.63) is 53.7 Å². The van der Waals surface area contributed by atoms with Crippen LogP contribution in [-0.4, -0.2) is 49.1 Å². The predicted molar refractivity (Wildman–Crippen MR) is 119 cm³/mol. The summed E-state index contributed by atoms with van der Waals surface area (Å²) in [5, 5.41) is 3.10. The van der Waals surface area contributed by atoms with Crippen molar-refractivity contribution < 1.29 is 0 Å². The normalized spacial score (nSPS) is 15.5. The van der Waals surface area contributed by atoms with Gasteiger partial charge in [0.25, 0.3) is 0 Å². The number of benzene rings is 1. The van der Waals surface area contributed by atoms with Gasteiger partial charge < -0.3 is 20.9 Å². The van der Waals surface area contributed by atoms with E-state index in [0.29, 0.717) is 12.5 Å². The van der Waals surface area contributed by atoms with E-state index >= 15 is 0 Å². The van der Waals surface area contributed by atoms with Gasteiger partial charge in [0.2, 0.25) is 0 Å². The van der Waals surface area contributed by atoms with Gasteiger partial charge in [0, 0.05) is 38.1 Å². The molecule has 2 heterocycles. The summed E-state index contributed by atoms with van der Waals surface area (Å²) in [5.74, 6) is 1.44. The maximum absolute atomic E-state index is 5.96. The number of pyridine rings is 1. The van der Waals surface area contributed by atoms with Gasteiger partial charge in [0.15, 0.2) is 5.96 Å². The van der Waals surface area contributed by atoms with E-state index in [9.17, 15) is 0 Å². The Kier molecular flexibility index (Phi) is 7.65. The fraction of sp³-hybridized carbons (Fsp3) is 0.368. The van der Waals surface area contributed by atoms with E-state index in [1.807, 2.05) is 30.5 Å². The van der Waals surface area contributed by atoms with Crippen LogP contribution >= 0.6 is 24.0 Å². The minimum absolute atomic E-state index is 0. The molecule has 26 heavy (non-hydrogen) atoms. The number of halogens is 1. The third kappa shape index (κ3) is 5.84. The standard InChI is InChI=1S/C19H26N6.HI/c1-15-3-6-17(7-4-15)23-19(20)22-14-16-5-8-18(21-13-16)25-11-9-24(2)10-12-25;/h3-8,13H,9-12,14H2,1-2H3,(H3,20,22,23);1H. The number of hydrogen-bond donors (Lipinski definition) is 2. The summed E-state index contributed by atoms with van der Waals surface area (Å²) in [6.07, 6.45) is 1.89. The van der Waals surface area contributed by atoms with Gasteiger partial charge in [-0.2, -0.15) is 0 Å². The Morgan fingerprint density at radius 1 is 1.12 bits per heavy atom. The van der Waals surface area contributed by atoms with E-state index in [1.165, 1.54) is 5.56 Å².